The molecule has 1 heterocycles. The van der Waals surface area contributed by atoms with E-state index >= 15 is 0 Å². The van der Waals surface area contributed by atoms with E-state index in [1.807, 2.05) is 32.0 Å². The van der Waals surface area contributed by atoms with Crippen LogP contribution in [-0.2, 0) is 13.2 Å². The lowest BCUT2D eigenvalue weighted by atomic mass is 10.1. The van der Waals surface area contributed by atoms with E-state index in [1.54, 1.807) is 0 Å². The molecule has 0 atom stereocenters. The highest BCUT2D eigenvalue weighted by atomic mass is 16.5. The maximum atomic E-state index is 5.76. The Labute approximate surface area is 108 Å². The van der Waals surface area contributed by atoms with Crippen molar-refractivity contribution in [1.29, 1.82) is 0 Å². The van der Waals surface area contributed by atoms with Crippen molar-refractivity contribution in [2.45, 2.75) is 33.9 Å². The number of ether oxygens (including phenoxy) is 1. The zero-order valence-corrected chi connectivity index (χ0v) is 11.1. The van der Waals surface area contributed by atoms with Gasteiger partial charge in [-0.1, -0.05) is 17.7 Å². The summed E-state index contributed by atoms with van der Waals surface area (Å²) in [6.07, 6.45) is 0. The average Bonchev–Trinajstić information content (AvgIpc) is 2.69. The fourth-order valence-corrected chi connectivity index (χ4v) is 1.97. The van der Waals surface area contributed by atoms with Crippen LogP contribution in [0, 0.1) is 20.8 Å². The Morgan fingerprint density at radius 1 is 1.11 bits per heavy atom. The van der Waals surface area contributed by atoms with Crippen LogP contribution in [0.4, 0.5) is 0 Å². The van der Waals surface area contributed by atoms with E-state index in [-0.39, 0.29) is 0 Å². The molecule has 0 aliphatic carbocycles. The number of benzene rings is 1. The molecule has 0 saturated carbocycles. The van der Waals surface area contributed by atoms with Gasteiger partial charge in [-0.2, -0.15) is 0 Å². The number of nitrogens with two attached hydrogens (primary N) is 1. The molecule has 1 aromatic heterocycles. The highest BCUT2D eigenvalue weighted by Crippen LogP contribution is 2.21. The Kier molecular flexibility index (Phi) is 3.72. The summed E-state index contributed by atoms with van der Waals surface area (Å²) in [6, 6.07) is 8.12. The lowest BCUT2D eigenvalue weighted by Gasteiger charge is -2.08. The van der Waals surface area contributed by atoms with Gasteiger partial charge in [0.25, 0.3) is 0 Å². The molecule has 0 saturated heterocycles. The predicted molar refractivity (Wildman–Crippen MR) is 71.6 cm³/mol. The summed E-state index contributed by atoms with van der Waals surface area (Å²) in [7, 11) is 0. The minimum atomic E-state index is 0.426. The third kappa shape index (κ3) is 2.74. The molecule has 2 rings (SSSR count). The zero-order valence-electron chi connectivity index (χ0n) is 11.1. The number of furan rings is 1. The molecule has 0 bridgehead atoms. The first-order valence-electron chi connectivity index (χ1n) is 6.08. The van der Waals surface area contributed by atoms with Crippen LogP contribution in [-0.4, -0.2) is 0 Å². The molecule has 96 valence electrons. The molecule has 2 aromatic rings. The van der Waals surface area contributed by atoms with Crippen LogP contribution in [0.5, 0.6) is 5.75 Å². The van der Waals surface area contributed by atoms with E-state index < -0.39 is 0 Å². The van der Waals surface area contributed by atoms with Crippen LogP contribution in [0.1, 0.15) is 28.2 Å². The summed E-state index contributed by atoms with van der Waals surface area (Å²) < 4.78 is 11.4. The Morgan fingerprint density at radius 3 is 2.50 bits per heavy atom. The maximum Gasteiger partial charge on any atom is 0.146 e. The second kappa shape index (κ2) is 5.27. The van der Waals surface area contributed by atoms with Crippen molar-refractivity contribution >= 4 is 0 Å². The van der Waals surface area contributed by atoms with Crippen LogP contribution in [0.2, 0.25) is 0 Å². The number of aryl methyl sites for hydroxylation is 3. The Balaban J connectivity index is 2.06. The van der Waals surface area contributed by atoms with Crippen molar-refractivity contribution in [3.8, 4) is 5.75 Å². The quantitative estimate of drug-likeness (QED) is 0.899. The summed E-state index contributed by atoms with van der Waals surface area (Å²) >= 11 is 0. The largest absolute Gasteiger partial charge is 0.485 e. The third-order valence-corrected chi connectivity index (χ3v) is 2.96. The smallest absolute Gasteiger partial charge is 0.146 e. The molecule has 2 N–H and O–H groups in total. The van der Waals surface area contributed by atoms with Gasteiger partial charge >= 0.3 is 0 Å². The number of hydrogen-bond donors (Lipinski definition) is 1. The monoisotopic (exact) mass is 245 g/mol. The third-order valence-electron chi connectivity index (χ3n) is 2.96. The van der Waals surface area contributed by atoms with E-state index in [2.05, 4.69) is 13.0 Å². The van der Waals surface area contributed by atoms with Gasteiger partial charge < -0.3 is 14.9 Å². The molecule has 0 fully saturated rings. The van der Waals surface area contributed by atoms with Gasteiger partial charge in [-0.3, -0.25) is 0 Å². The Morgan fingerprint density at radius 2 is 1.89 bits per heavy atom. The Hall–Kier alpha value is -1.74. The molecule has 18 heavy (non-hydrogen) atoms. The number of hydrogen-bond acceptors (Lipinski definition) is 3. The van der Waals surface area contributed by atoms with Gasteiger partial charge in [0.2, 0.25) is 0 Å². The van der Waals surface area contributed by atoms with Crippen LogP contribution in [0.25, 0.3) is 0 Å². The first-order chi connectivity index (χ1) is 8.60. The maximum absolute atomic E-state index is 5.76. The highest BCUT2D eigenvalue weighted by Gasteiger charge is 2.07. The van der Waals surface area contributed by atoms with Crippen molar-refractivity contribution < 1.29 is 9.15 Å². The normalized spacial score (nSPS) is 10.7. The lowest BCUT2D eigenvalue weighted by molar-refractivity contribution is 0.264. The molecule has 3 nitrogen and oxygen atoms in total. The summed E-state index contributed by atoms with van der Waals surface area (Å²) in [6.45, 7) is 6.97. The van der Waals surface area contributed by atoms with Crippen LogP contribution in [0.15, 0.2) is 28.7 Å². The minimum Gasteiger partial charge on any atom is -0.485 e. The SMILES string of the molecule is Cc1ccc(OCc2cc(C)c(CN)o2)c(C)c1. The fourth-order valence-electron chi connectivity index (χ4n) is 1.97. The first-order valence-corrected chi connectivity index (χ1v) is 6.08. The van der Waals surface area contributed by atoms with Gasteiger partial charge in [0.05, 0.1) is 6.54 Å². The molecule has 1 aromatic carbocycles. The van der Waals surface area contributed by atoms with E-state index in [0.717, 1.165) is 28.4 Å². The number of rotatable bonds is 4. The van der Waals surface area contributed by atoms with Crippen LogP contribution in [0.3, 0.4) is 0 Å². The molecule has 0 aliphatic rings. The molecule has 3 heteroatoms. The molecular weight excluding hydrogens is 226 g/mol. The first kappa shape index (κ1) is 12.7. The van der Waals surface area contributed by atoms with E-state index in [9.17, 15) is 0 Å². The van der Waals surface area contributed by atoms with Gasteiger partial charge in [0.1, 0.15) is 23.9 Å². The van der Waals surface area contributed by atoms with Crippen molar-refractivity contribution in [3.05, 3.63) is 52.5 Å². The predicted octanol–water partition coefficient (Wildman–Crippen LogP) is 3.24. The zero-order chi connectivity index (χ0) is 13.1. The summed E-state index contributed by atoms with van der Waals surface area (Å²) in [5, 5.41) is 0. The minimum absolute atomic E-state index is 0.426. The van der Waals surface area contributed by atoms with Gasteiger partial charge in [-0.25, -0.2) is 0 Å². The lowest BCUT2D eigenvalue weighted by Crippen LogP contribution is -1.97. The summed E-state index contributed by atoms with van der Waals surface area (Å²) in [5.74, 6) is 2.53. The van der Waals surface area contributed by atoms with E-state index in [1.165, 1.54) is 5.56 Å². The standard InChI is InChI=1S/C15H19NO2/c1-10-4-5-14(11(2)6-10)17-9-13-7-12(3)15(8-16)18-13/h4-7H,8-9,16H2,1-3H3. The van der Waals surface area contributed by atoms with Crippen molar-refractivity contribution in [3.63, 3.8) is 0 Å². The molecular formula is C15H19NO2. The average molecular weight is 245 g/mol. The van der Waals surface area contributed by atoms with Crippen molar-refractivity contribution in [2.75, 3.05) is 0 Å². The van der Waals surface area contributed by atoms with Crippen molar-refractivity contribution in [1.82, 2.24) is 0 Å². The molecule has 0 amide bonds. The summed E-state index contributed by atoms with van der Waals surface area (Å²) in [5.41, 5.74) is 9.03. The highest BCUT2D eigenvalue weighted by molar-refractivity contribution is 5.35. The van der Waals surface area contributed by atoms with Gasteiger partial charge in [0, 0.05) is 0 Å². The van der Waals surface area contributed by atoms with Gasteiger partial charge in [-0.05, 0) is 44.0 Å². The van der Waals surface area contributed by atoms with Crippen LogP contribution < -0.4 is 10.5 Å². The van der Waals surface area contributed by atoms with E-state index in [4.69, 9.17) is 14.9 Å². The summed E-state index contributed by atoms with van der Waals surface area (Å²) in [4.78, 5) is 0. The molecule has 0 spiro atoms. The fraction of sp³-hybridized carbons (Fsp3) is 0.333. The molecule has 0 radical (unpaired) electrons. The van der Waals surface area contributed by atoms with Crippen molar-refractivity contribution in [2.24, 2.45) is 5.73 Å². The van der Waals surface area contributed by atoms with Crippen LogP contribution >= 0.6 is 0 Å². The second-order valence-electron chi connectivity index (χ2n) is 4.58. The van der Waals surface area contributed by atoms with Gasteiger partial charge in [-0.15, -0.1) is 0 Å². The topological polar surface area (TPSA) is 48.4 Å². The molecule has 0 unspecified atom stereocenters. The van der Waals surface area contributed by atoms with E-state index in [0.29, 0.717) is 13.2 Å². The van der Waals surface area contributed by atoms with Gasteiger partial charge in [0.15, 0.2) is 0 Å². The second-order valence-corrected chi connectivity index (χ2v) is 4.58. The molecule has 0 aliphatic heterocycles. The Bertz CT molecular complexity index is 543.